The van der Waals surface area contributed by atoms with Gasteiger partial charge in [0.25, 0.3) is 0 Å². The number of nitriles is 1. The number of likely N-dealkylation sites (tertiary alicyclic amines) is 1. The second kappa shape index (κ2) is 14.6. The summed E-state index contributed by atoms with van der Waals surface area (Å²) in [6, 6.07) is 24.4. The van der Waals surface area contributed by atoms with E-state index in [2.05, 4.69) is 60.2 Å². The first kappa shape index (κ1) is 33.0. The Bertz CT molecular complexity index is 2050. The molecule has 11 heteroatoms. The molecular formula is C39H41N7O4. The number of nitrogens with zero attached hydrogens (tertiary/aromatic N) is 7. The van der Waals surface area contributed by atoms with E-state index in [4.69, 9.17) is 29.2 Å². The number of ether oxygens (including phenoxy) is 3. The van der Waals surface area contributed by atoms with E-state index in [-0.39, 0.29) is 25.1 Å². The molecule has 0 N–H and O–H groups in total. The number of anilines is 1. The number of aromatic nitrogens is 3. The Hall–Kier alpha value is -5.47. The van der Waals surface area contributed by atoms with Gasteiger partial charge in [0.15, 0.2) is 5.75 Å². The highest BCUT2D eigenvalue weighted by molar-refractivity contribution is 6.03. The van der Waals surface area contributed by atoms with Gasteiger partial charge in [0.05, 0.1) is 31.0 Å². The Balaban J connectivity index is 1.26. The number of amides is 1. The third-order valence-corrected chi connectivity index (χ3v) is 9.86. The summed E-state index contributed by atoms with van der Waals surface area (Å²) in [4.78, 5) is 34.2. The average molecular weight is 672 g/mol. The van der Waals surface area contributed by atoms with Crippen LogP contribution < -0.4 is 14.4 Å². The maximum Gasteiger partial charge on any atom is 0.410 e. The van der Waals surface area contributed by atoms with Crippen LogP contribution in [0.3, 0.4) is 0 Å². The van der Waals surface area contributed by atoms with Gasteiger partial charge in [-0.05, 0) is 55.3 Å². The van der Waals surface area contributed by atoms with Gasteiger partial charge in [-0.1, -0.05) is 66.7 Å². The zero-order valence-electron chi connectivity index (χ0n) is 28.7. The first-order chi connectivity index (χ1) is 24.4. The van der Waals surface area contributed by atoms with Gasteiger partial charge in [-0.2, -0.15) is 15.2 Å². The van der Waals surface area contributed by atoms with Gasteiger partial charge in [0.2, 0.25) is 0 Å². The number of fused-ring (bicyclic) bond motifs is 2. The SMILES string of the molecule is COc1c(-c2cccc3cccc(C)c23)ncc2c(N3CCN(C(=O)OCc4ccccc4)[C@@H](CC#N)C3)nc(OC[C@@H]3CCCN3C)nc12. The topological polar surface area (TPSA) is 117 Å². The molecule has 11 nitrogen and oxygen atoms in total. The number of piperazine rings is 1. The minimum absolute atomic E-state index is 0.142. The number of hydrogen-bond acceptors (Lipinski definition) is 10. The molecular weight excluding hydrogens is 630 g/mol. The van der Waals surface area contributed by atoms with Crippen molar-refractivity contribution in [1.82, 2.24) is 24.8 Å². The van der Waals surface area contributed by atoms with Gasteiger partial charge in [0.1, 0.15) is 30.2 Å². The van der Waals surface area contributed by atoms with E-state index < -0.39 is 12.1 Å². The van der Waals surface area contributed by atoms with Crippen LogP contribution in [0.5, 0.6) is 11.8 Å². The Labute approximate surface area is 292 Å². The average Bonchev–Trinajstić information content (AvgIpc) is 3.56. The normalized spacial score (nSPS) is 18.0. The lowest BCUT2D eigenvalue weighted by molar-refractivity contribution is 0.0768. The highest BCUT2D eigenvalue weighted by Crippen LogP contribution is 2.41. The maximum absolute atomic E-state index is 13.3. The van der Waals surface area contributed by atoms with Crippen molar-refractivity contribution in [2.45, 2.75) is 44.9 Å². The third kappa shape index (κ3) is 6.59. The second-order valence-corrected chi connectivity index (χ2v) is 13.0. The minimum Gasteiger partial charge on any atom is -0.492 e. The molecule has 4 heterocycles. The maximum atomic E-state index is 13.3. The molecule has 256 valence electrons. The van der Waals surface area contributed by atoms with Crippen LogP contribution in [0.25, 0.3) is 32.9 Å². The number of rotatable bonds is 9. The van der Waals surface area contributed by atoms with Crippen LogP contribution in [0.1, 0.15) is 30.4 Å². The number of aryl methyl sites for hydroxylation is 1. The number of hydrogen-bond donors (Lipinski definition) is 0. The molecule has 2 fully saturated rings. The van der Waals surface area contributed by atoms with Gasteiger partial charge >= 0.3 is 12.1 Å². The molecule has 2 saturated heterocycles. The molecule has 0 unspecified atom stereocenters. The van der Waals surface area contributed by atoms with Crippen molar-refractivity contribution in [2.75, 3.05) is 51.8 Å². The molecule has 3 aromatic carbocycles. The first-order valence-electron chi connectivity index (χ1n) is 17.1. The summed E-state index contributed by atoms with van der Waals surface area (Å²) < 4.78 is 18.1. The summed E-state index contributed by atoms with van der Waals surface area (Å²) in [6.07, 6.45) is 3.68. The van der Waals surface area contributed by atoms with Crippen LogP contribution in [0, 0.1) is 18.3 Å². The van der Waals surface area contributed by atoms with E-state index in [0.29, 0.717) is 54.4 Å². The number of pyridine rings is 1. The smallest absolute Gasteiger partial charge is 0.410 e. The summed E-state index contributed by atoms with van der Waals surface area (Å²) in [5, 5.41) is 12.7. The first-order valence-corrected chi connectivity index (χ1v) is 17.1. The zero-order chi connectivity index (χ0) is 34.6. The fourth-order valence-electron chi connectivity index (χ4n) is 7.18. The van der Waals surface area contributed by atoms with Crippen molar-refractivity contribution in [2.24, 2.45) is 0 Å². The van der Waals surface area contributed by atoms with Crippen LogP contribution in [0.15, 0.2) is 72.9 Å². The van der Waals surface area contributed by atoms with Crippen LogP contribution in [0.4, 0.5) is 10.6 Å². The van der Waals surface area contributed by atoms with Crippen LogP contribution in [-0.4, -0.2) is 89.9 Å². The minimum atomic E-state index is -0.440. The monoisotopic (exact) mass is 671 g/mol. The van der Waals surface area contributed by atoms with E-state index in [9.17, 15) is 10.1 Å². The molecule has 2 aromatic heterocycles. The summed E-state index contributed by atoms with van der Waals surface area (Å²) in [7, 11) is 3.75. The predicted molar refractivity (Wildman–Crippen MR) is 192 cm³/mol. The molecule has 2 atom stereocenters. The van der Waals surface area contributed by atoms with E-state index in [1.165, 1.54) is 0 Å². The van der Waals surface area contributed by atoms with E-state index in [1.807, 2.05) is 36.4 Å². The molecule has 0 radical (unpaired) electrons. The molecule has 0 aliphatic carbocycles. The standard InChI is InChI=1S/C39H41N7O4/c1-26-10-7-13-28-14-8-16-31(33(26)28)34-36(48-3)35-32(22-41-34)37(43-38(42-35)49-25-30-15-9-19-44(30)2)45-20-21-46(29(23-45)17-18-40)39(47)50-24-27-11-5-4-6-12-27/h4-8,10-14,16,22,29-30H,9,15,17,19-21,23-25H2,1-3H3/t29-,30-/m0/s1. The van der Waals surface area contributed by atoms with E-state index in [1.54, 1.807) is 18.2 Å². The van der Waals surface area contributed by atoms with Crippen molar-refractivity contribution >= 4 is 33.6 Å². The Morgan fingerprint density at radius 3 is 2.58 bits per heavy atom. The number of benzene rings is 3. The highest BCUT2D eigenvalue weighted by atomic mass is 16.6. The van der Waals surface area contributed by atoms with Gasteiger partial charge in [-0.25, -0.2) is 4.79 Å². The molecule has 2 aliphatic rings. The lowest BCUT2D eigenvalue weighted by Gasteiger charge is -2.40. The lowest BCUT2D eigenvalue weighted by atomic mass is 9.97. The number of carbonyl (C=O) groups excluding carboxylic acids is 1. The summed E-state index contributed by atoms with van der Waals surface area (Å²) in [6.45, 7) is 4.94. The van der Waals surface area contributed by atoms with Crippen LogP contribution in [0.2, 0.25) is 0 Å². The summed E-state index contributed by atoms with van der Waals surface area (Å²) >= 11 is 0. The molecule has 5 aromatic rings. The quantitative estimate of drug-likeness (QED) is 0.175. The number of carbonyl (C=O) groups is 1. The second-order valence-electron chi connectivity index (χ2n) is 13.0. The van der Waals surface area contributed by atoms with Gasteiger partial charge in [0, 0.05) is 37.4 Å². The number of methoxy groups -OCH3 is 1. The summed E-state index contributed by atoms with van der Waals surface area (Å²) in [5.74, 6) is 1.15. The van der Waals surface area contributed by atoms with Gasteiger partial charge in [-0.15, -0.1) is 0 Å². The fraction of sp³-hybridized carbons (Fsp3) is 0.359. The lowest BCUT2D eigenvalue weighted by Crippen LogP contribution is -2.55. The van der Waals surface area contributed by atoms with Crippen LogP contribution in [-0.2, 0) is 11.3 Å². The Morgan fingerprint density at radius 2 is 1.82 bits per heavy atom. The predicted octanol–water partition coefficient (Wildman–Crippen LogP) is 6.38. The Morgan fingerprint density at radius 1 is 1.00 bits per heavy atom. The zero-order valence-corrected chi connectivity index (χ0v) is 28.7. The molecule has 50 heavy (non-hydrogen) atoms. The molecule has 2 aliphatic heterocycles. The molecule has 0 spiro atoms. The van der Waals surface area contributed by atoms with Crippen molar-refractivity contribution in [3.05, 3.63) is 84.1 Å². The van der Waals surface area contributed by atoms with Gasteiger partial charge < -0.3 is 28.9 Å². The molecule has 0 bridgehead atoms. The number of likely N-dealkylation sites (N-methyl/N-ethyl adjacent to an activating group) is 1. The van der Waals surface area contributed by atoms with Crippen molar-refractivity contribution in [3.8, 4) is 29.1 Å². The highest BCUT2D eigenvalue weighted by Gasteiger charge is 2.34. The van der Waals surface area contributed by atoms with E-state index in [0.717, 1.165) is 46.8 Å². The molecule has 0 saturated carbocycles. The summed E-state index contributed by atoms with van der Waals surface area (Å²) in [5.41, 5.74) is 4.26. The molecule has 7 rings (SSSR count). The Kier molecular flexibility index (Phi) is 9.63. The molecule has 1 amide bonds. The van der Waals surface area contributed by atoms with Crippen LogP contribution >= 0.6 is 0 Å². The third-order valence-electron chi connectivity index (χ3n) is 9.86. The van der Waals surface area contributed by atoms with Crippen molar-refractivity contribution < 1.29 is 19.0 Å². The van der Waals surface area contributed by atoms with E-state index >= 15 is 0 Å². The van der Waals surface area contributed by atoms with Gasteiger partial charge in [-0.3, -0.25) is 4.98 Å². The van der Waals surface area contributed by atoms with Crippen molar-refractivity contribution in [3.63, 3.8) is 0 Å². The fourth-order valence-corrected chi connectivity index (χ4v) is 7.18. The van der Waals surface area contributed by atoms with Crippen molar-refractivity contribution in [1.29, 1.82) is 5.26 Å². The largest absolute Gasteiger partial charge is 0.492 e.